The molecule has 6 heteroatoms. The van der Waals surface area contributed by atoms with Gasteiger partial charge in [0.2, 0.25) is 5.76 Å². The molecule has 0 aliphatic rings. The van der Waals surface area contributed by atoms with Crippen LogP contribution in [0.4, 0.5) is 10.1 Å². The number of halogens is 1. The van der Waals surface area contributed by atoms with Crippen LogP contribution < -0.4 is 5.32 Å². The van der Waals surface area contributed by atoms with E-state index >= 15 is 0 Å². The summed E-state index contributed by atoms with van der Waals surface area (Å²) < 4.78 is 18.9. The van der Waals surface area contributed by atoms with E-state index in [-0.39, 0.29) is 23.6 Å². The van der Waals surface area contributed by atoms with Crippen molar-refractivity contribution in [1.82, 2.24) is 4.98 Å². The van der Waals surface area contributed by atoms with Crippen LogP contribution in [-0.4, -0.2) is 22.6 Å². The zero-order valence-corrected chi connectivity index (χ0v) is 11.5. The number of hydrogen-bond acceptors (Lipinski definition) is 4. The van der Waals surface area contributed by atoms with Crippen molar-refractivity contribution >= 4 is 11.6 Å². The smallest absolute Gasteiger partial charge is 0.293 e. The number of aliphatic hydroxyl groups is 1. The Morgan fingerprint density at radius 1 is 1.48 bits per heavy atom. The zero-order chi connectivity index (χ0) is 15.4. The number of carbonyl (C=O) groups is 1. The Labute approximate surface area is 120 Å². The molecular weight excluding hydrogens is 275 g/mol. The van der Waals surface area contributed by atoms with Crippen molar-refractivity contribution in [1.29, 1.82) is 0 Å². The fourth-order valence-electron chi connectivity index (χ4n) is 1.76. The molecular formula is C15H13FN2O3. The lowest BCUT2D eigenvalue weighted by atomic mass is 10.2. The van der Waals surface area contributed by atoms with Gasteiger partial charge in [0.1, 0.15) is 12.4 Å². The Bertz CT molecular complexity index is 741. The minimum atomic E-state index is -0.584. The predicted octanol–water partition coefficient (Wildman–Crippen LogP) is 2.03. The highest BCUT2D eigenvalue weighted by Crippen LogP contribution is 2.16. The average Bonchev–Trinajstić information content (AvgIpc) is 2.77. The van der Waals surface area contributed by atoms with Crippen LogP contribution in [0.2, 0.25) is 0 Å². The number of rotatable bonds is 2. The number of benzene rings is 1. The molecule has 2 rings (SSSR count). The maximum Gasteiger partial charge on any atom is 0.293 e. The van der Waals surface area contributed by atoms with Crippen molar-refractivity contribution in [3.63, 3.8) is 0 Å². The lowest BCUT2D eigenvalue weighted by Gasteiger charge is -2.04. The summed E-state index contributed by atoms with van der Waals surface area (Å²) in [6.07, 6.45) is 0. The standard InChI is InChI=1S/C15H13FN2O3/c1-9-14(21-10(2)17-9)15(20)18-12-6-5-11(4-3-7-19)13(16)8-12/h5-6,8,19H,7H2,1-2H3,(H,18,20). The number of nitrogens with one attached hydrogen (secondary N) is 1. The molecule has 1 heterocycles. The Morgan fingerprint density at radius 3 is 2.81 bits per heavy atom. The minimum absolute atomic E-state index is 0.0945. The first-order valence-corrected chi connectivity index (χ1v) is 6.16. The van der Waals surface area contributed by atoms with Gasteiger partial charge < -0.3 is 14.8 Å². The second-order valence-corrected chi connectivity index (χ2v) is 4.26. The molecule has 0 spiro atoms. The fraction of sp³-hybridized carbons (Fsp3) is 0.200. The van der Waals surface area contributed by atoms with Crippen LogP contribution in [0.3, 0.4) is 0 Å². The summed E-state index contributed by atoms with van der Waals surface area (Å²) in [6, 6.07) is 4.09. The van der Waals surface area contributed by atoms with E-state index in [4.69, 9.17) is 9.52 Å². The monoisotopic (exact) mass is 288 g/mol. The number of hydrogen-bond donors (Lipinski definition) is 2. The lowest BCUT2D eigenvalue weighted by molar-refractivity contribution is 0.0994. The molecule has 21 heavy (non-hydrogen) atoms. The van der Waals surface area contributed by atoms with Crippen LogP contribution in [0.1, 0.15) is 27.7 Å². The van der Waals surface area contributed by atoms with Gasteiger partial charge in [-0.25, -0.2) is 9.37 Å². The number of amides is 1. The quantitative estimate of drug-likeness (QED) is 0.829. The second kappa shape index (κ2) is 6.20. The van der Waals surface area contributed by atoms with Crippen LogP contribution in [-0.2, 0) is 0 Å². The number of aromatic nitrogens is 1. The maximum absolute atomic E-state index is 13.7. The van der Waals surface area contributed by atoms with Crippen molar-refractivity contribution in [2.24, 2.45) is 0 Å². The summed E-state index contributed by atoms with van der Waals surface area (Å²) in [6.45, 7) is 2.94. The van der Waals surface area contributed by atoms with Crippen molar-refractivity contribution in [3.8, 4) is 11.8 Å². The molecule has 1 aromatic carbocycles. The first kappa shape index (κ1) is 14.8. The number of anilines is 1. The van der Waals surface area contributed by atoms with Crippen molar-refractivity contribution in [2.45, 2.75) is 13.8 Å². The van der Waals surface area contributed by atoms with Crippen LogP contribution in [0.15, 0.2) is 22.6 Å². The second-order valence-electron chi connectivity index (χ2n) is 4.26. The van der Waals surface area contributed by atoms with Crippen molar-refractivity contribution in [2.75, 3.05) is 11.9 Å². The summed E-state index contributed by atoms with van der Waals surface area (Å²) in [5.74, 6) is 4.23. The average molecular weight is 288 g/mol. The third-order valence-electron chi connectivity index (χ3n) is 2.64. The van der Waals surface area contributed by atoms with Gasteiger partial charge in [0, 0.05) is 12.6 Å². The molecule has 108 valence electrons. The molecule has 0 unspecified atom stereocenters. The van der Waals surface area contributed by atoms with E-state index in [1.165, 1.54) is 12.1 Å². The van der Waals surface area contributed by atoms with Gasteiger partial charge in [-0.15, -0.1) is 0 Å². The molecule has 0 saturated carbocycles. The Hall–Kier alpha value is -2.65. The van der Waals surface area contributed by atoms with Gasteiger partial charge in [-0.3, -0.25) is 4.79 Å². The number of oxazole rings is 1. The molecule has 0 atom stereocenters. The van der Waals surface area contributed by atoms with Gasteiger partial charge >= 0.3 is 0 Å². The summed E-state index contributed by atoms with van der Waals surface area (Å²) in [7, 11) is 0. The SMILES string of the molecule is Cc1nc(C)c(C(=O)Nc2ccc(C#CCO)c(F)c2)o1. The Balaban J connectivity index is 2.18. The van der Waals surface area contributed by atoms with E-state index in [9.17, 15) is 9.18 Å². The lowest BCUT2D eigenvalue weighted by Crippen LogP contribution is -2.12. The molecule has 1 aromatic heterocycles. The molecule has 2 aromatic rings. The number of aliphatic hydroxyl groups excluding tert-OH is 1. The zero-order valence-electron chi connectivity index (χ0n) is 11.5. The highest BCUT2D eigenvalue weighted by Gasteiger charge is 2.16. The third kappa shape index (κ3) is 3.46. The van der Waals surface area contributed by atoms with E-state index in [0.29, 0.717) is 11.6 Å². The topological polar surface area (TPSA) is 75.4 Å². The normalized spacial score (nSPS) is 9.90. The fourth-order valence-corrected chi connectivity index (χ4v) is 1.76. The molecule has 0 fully saturated rings. The summed E-state index contributed by atoms with van der Waals surface area (Å²) in [4.78, 5) is 16.0. The van der Waals surface area contributed by atoms with Crippen LogP contribution >= 0.6 is 0 Å². The first-order chi connectivity index (χ1) is 10.0. The highest BCUT2D eigenvalue weighted by molar-refractivity contribution is 6.02. The number of carbonyl (C=O) groups excluding carboxylic acids is 1. The van der Waals surface area contributed by atoms with Gasteiger partial charge in [-0.05, 0) is 25.1 Å². The van der Waals surface area contributed by atoms with Crippen molar-refractivity contribution in [3.05, 3.63) is 46.9 Å². The molecule has 0 bridgehead atoms. The molecule has 5 nitrogen and oxygen atoms in total. The van der Waals surface area contributed by atoms with E-state index in [1.807, 2.05) is 0 Å². The van der Waals surface area contributed by atoms with Crippen LogP contribution in [0.25, 0.3) is 0 Å². The van der Waals surface area contributed by atoms with Gasteiger partial charge in [0.25, 0.3) is 5.91 Å². The molecule has 0 saturated heterocycles. The summed E-state index contributed by atoms with van der Waals surface area (Å²) >= 11 is 0. The Kier molecular flexibility index (Phi) is 4.36. The van der Waals surface area contributed by atoms with E-state index in [0.717, 1.165) is 6.07 Å². The molecule has 0 aliphatic heterocycles. The van der Waals surface area contributed by atoms with Crippen LogP contribution in [0.5, 0.6) is 0 Å². The van der Waals surface area contributed by atoms with E-state index < -0.39 is 11.7 Å². The highest BCUT2D eigenvalue weighted by atomic mass is 19.1. The van der Waals surface area contributed by atoms with Gasteiger partial charge in [-0.1, -0.05) is 11.8 Å². The summed E-state index contributed by atoms with van der Waals surface area (Å²) in [5, 5.41) is 11.1. The molecule has 2 N–H and O–H groups in total. The van der Waals surface area contributed by atoms with Crippen molar-refractivity contribution < 1.29 is 18.7 Å². The van der Waals surface area contributed by atoms with Gasteiger partial charge in [0.15, 0.2) is 5.89 Å². The van der Waals surface area contributed by atoms with Gasteiger partial charge in [-0.2, -0.15) is 0 Å². The summed E-state index contributed by atoms with van der Waals surface area (Å²) in [5.41, 5.74) is 0.894. The number of aryl methyl sites for hydroxylation is 2. The van der Waals surface area contributed by atoms with Crippen LogP contribution in [0, 0.1) is 31.5 Å². The Morgan fingerprint density at radius 2 is 2.24 bits per heavy atom. The van der Waals surface area contributed by atoms with Gasteiger partial charge in [0.05, 0.1) is 11.3 Å². The number of nitrogens with zero attached hydrogens (tertiary/aromatic N) is 1. The van der Waals surface area contributed by atoms with E-state index in [2.05, 4.69) is 22.1 Å². The molecule has 1 amide bonds. The predicted molar refractivity (Wildman–Crippen MR) is 74.3 cm³/mol. The van der Waals surface area contributed by atoms with E-state index in [1.54, 1.807) is 13.8 Å². The molecule has 0 aliphatic carbocycles. The maximum atomic E-state index is 13.7. The minimum Gasteiger partial charge on any atom is -0.436 e. The third-order valence-corrected chi connectivity index (χ3v) is 2.64. The first-order valence-electron chi connectivity index (χ1n) is 6.16. The largest absolute Gasteiger partial charge is 0.436 e. The molecule has 0 radical (unpaired) electrons.